The van der Waals surface area contributed by atoms with Crippen molar-refractivity contribution in [3.63, 3.8) is 0 Å². The lowest BCUT2D eigenvalue weighted by Crippen LogP contribution is -2.16. The van der Waals surface area contributed by atoms with Crippen molar-refractivity contribution < 1.29 is 22.7 Å². The normalized spacial score (nSPS) is 11.2. The van der Waals surface area contributed by atoms with Gasteiger partial charge < -0.3 is 10.1 Å². The minimum Gasteiger partial charge on any atom is -0.497 e. The first kappa shape index (κ1) is 17.6. The lowest BCUT2D eigenvalue weighted by molar-refractivity contribution is -0.137. The molecule has 0 bridgehead atoms. The van der Waals surface area contributed by atoms with E-state index in [0.717, 1.165) is 17.7 Å². The quantitative estimate of drug-likeness (QED) is 0.719. The molecule has 0 aliphatic heterocycles. The molecule has 0 aliphatic carbocycles. The van der Waals surface area contributed by atoms with E-state index in [0.29, 0.717) is 9.32 Å². The lowest BCUT2D eigenvalue weighted by atomic mass is 10.1. The van der Waals surface area contributed by atoms with Gasteiger partial charge in [0.1, 0.15) is 5.75 Å². The number of rotatable bonds is 4. The molecule has 0 fully saturated rings. The highest BCUT2D eigenvalue weighted by Gasteiger charge is 2.31. The van der Waals surface area contributed by atoms with Gasteiger partial charge in [0, 0.05) is 3.57 Å². The Morgan fingerprint density at radius 3 is 2.39 bits per heavy atom. The molecule has 23 heavy (non-hydrogen) atoms. The Morgan fingerprint density at radius 1 is 1.17 bits per heavy atom. The maximum atomic E-state index is 12.7. The topological polar surface area (TPSA) is 38.3 Å². The summed E-state index contributed by atoms with van der Waals surface area (Å²) in [5, 5.41) is 2.52. The number of hydrogen-bond donors (Lipinski definition) is 1. The average Bonchev–Trinajstić information content (AvgIpc) is 2.49. The van der Waals surface area contributed by atoms with Crippen LogP contribution in [-0.4, -0.2) is 13.0 Å². The molecule has 0 atom stereocenters. The van der Waals surface area contributed by atoms with Crippen LogP contribution in [0.15, 0.2) is 42.5 Å². The first-order valence-electron chi connectivity index (χ1n) is 6.59. The van der Waals surface area contributed by atoms with E-state index in [1.54, 1.807) is 24.3 Å². The standard InChI is InChI=1S/C16H13F3INO2/c1-23-12-5-2-10(3-6-12)8-15(22)21-14-9-11(16(17,18)19)4-7-13(14)20/h2-7,9H,8H2,1H3,(H,21,22). The second-order valence-corrected chi connectivity index (χ2v) is 5.93. The third kappa shape index (κ3) is 4.85. The van der Waals surface area contributed by atoms with Crippen molar-refractivity contribution >= 4 is 34.2 Å². The van der Waals surface area contributed by atoms with Crippen LogP contribution in [-0.2, 0) is 17.4 Å². The maximum Gasteiger partial charge on any atom is 0.416 e. The Balaban J connectivity index is 2.10. The van der Waals surface area contributed by atoms with E-state index >= 15 is 0 Å². The van der Waals surface area contributed by atoms with Gasteiger partial charge in [-0.25, -0.2) is 0 Å². The Bertz CT molecular complexity index is 699. The monoisotopic (exact) mass is 435 g/mol. The number of ether oxygens (including phenoxy) is 1. The molecule has 122 valence electrons. The van der Waals surface area contributed by atoms with Crippen LogP contribution in [0.25, 0.3) is 0 Å². The van der Waals surface area contributed by atoms with Crippen molar-refractivity contribution in [3.05, 3.63) is 57.2 Å². The molecule has 0 unspecified atom stereocenters. The summed E-state index contributed by atoms with van der Waals surface area (Å²) in [5.41, 5.74) is 0.0990. The largest absolute Gasteiger partial charge is 0.497 e. The highest BCUT2D eigenvalue weighted by Crippen LogP contribution is 2.32. The van der Waals surface area contributed by atoms with Gasteiger partial charge in [0.15, 0.2) is 0 Å². The van der Waals surface area contributed by atoms with Crippen molar-refractivity contribution in [2.75, 3.05) is 12.4 Å². The molecule has 1 N–H and O–H groups in total. The highest BCUT2D eigenvalue weighted by molar-refractivity contribution is 14.1. The van der Waals surface area contributed by atoms with E-state index in [2.05, 4.69) is 5.32 Å². The average molecular weight is 435 g/mol. The van der Waals surface area contributed by atoms with E-state index < -0.39 is 11.7 Å². The van der Waals surface area contributed by atoms with Crippen LogP contribution in [0.5, 0.6) is 5.75 Å². The molecule has 2 aromatic rings. The van der Waals surface area contributed by atoms with Gasteiger partial charge in [-0.05, 0) is 58.5 Å². The number of anilines is 1. The first-order chi connectivity index (χ1) is 10.8. The molecule has 0 spiro atoms. The molecule has 0 radical (unpaired) electrons. The predicted molar refractivity (Wildman–Crippen MR) is 89.5 cm³/mol. The number of benzene rings is 2. The van der Waals surface area contributed by atoms with Crippen molar-refractivity contribution in [1.82, 2.24) is 0 Å². The zero-order chi connectivity index (χ0) is 17.0. The van der Waals surface area contributed by atoms with Crippen LogP contribution >= 0.6 is 22.6 Å². The van der Waals surface area contributed by atoms with Crippen molar-refractivity contribution in [2.45, 2.75) is 12.6 Å². The second-order valence-electron chi connectivity index (χ2n) is 4.77. The Morgan fingerprint density at radius 2 is 1.83 bits per heavy atom. The minimum atomic E-state index is -4.44. The molecule has 7 heteroatoms. The molecule has 0 aromatic heterocycles. The summed E-state index contributed by atoms with van der Waals surface area (Å²) in [4.78, 5) is 12.0. The molecule has 0 aliphatic rings. The second kappa shape index (κ2) is 7.20. The van der Waals surface area contributed by atoms with Gasteiger partial charge in [-0.3, -0.25) is 4.79 Å². The van der Waals surface area contributed by atoms with Crippen LogP contribution < -0.4 is 10.1 Å². The molecule has 2 aromatic carbocycles. The first-order valence-corrected chi connectivity index (χ1v) is 7.67. The van der Waals surface area contributed by atoms with E-state index in [1.165, 1.54) is 13.2 Å². The van der Waals surface area contributed by atoms with Crippen LogP contribution in [0.2, 0.25) is 0 Å². The molecule has 0 heterocycles. The van der Waals surface area contributed by atoms with Crippen LogP contribution in [0.3, 0.4) is 0 Å². The van der Waals surface area contributed by atoms with E-state index in [9.17, 15) is 18.0 Å². The van der Waals surface area contributed by atoms with Gasteiger partial charge in [-0.15, -0.1) is 0 Å². The lowest BCUT2D eigenvalue weighted by Gasteiger charge is -2.12. The van der Waals surface area contributed by atoms with Gasteiger partial charge in [0.2, 0.25) is 5.91 Å². The summed E-state index contributed by atoms with van der Waals surface area (Å²) in [6.07, 6.45) is -4.38. The third-order valence-electron chi connectivity index (χ3n) is 3.09. The van der Waals surface area contributed by atoms with Gasteiger partial charge in [-0.1, -0.05) is 12.1 Å². The number of halogens is 4. The molecular weight excluding hydrogens is 422 g/mol. The fourth-order valence-corrected chi connectivity index (χ4v) is 2.39. The molecule has 2 rings (SSSR count). The van der Waals surface area contributed by atoms with Crippen molar-refractivity contribution in [1.29, 1.82) is 0 Å². The van der Waals surface area contributed by atoms with Gasteiger partial charge in [0.25, 0.3) is 0 Å². The van der Waals surface area contributed by atoms with Crippen LogP contribution in [0.1, 0.15) is 11.1 Å². The number of amides is 1. The van der Waals surface area contributed by atoms with Gasteiger partial charge in [0.05, 0.1) is 24.8 Å². The number of carbonyl (C=O) groups excluding carboxylic acids is 1. The number of hydrogen-bond acceptors (Lipinski definition) is 2. The third-order valence-corrected chi connectivity index (χ3v) is 4.03. The maximum absolute atomic E-state index is 12.7. The Labute approximate surface area is 145 Å². The number of methoxy groups -OCH3 is 1. The summed E-state index contributed by atoms with van der Waals surface area (Å²) in [6, 6.07) is 10.2. The van der Waals surface area contributed by atoms with Gasteiger partial charge in [-0.2, -0.15) is 13.2 Å². The highest BCUT2D eigenvalue weighted by atomic mass is 127. The summed E-state index contributed by atoms with van der Waals surface area (Å²) < 4.78 is 43.7. The predicted octanol–water partition coefficient (Wildman–Crippen LogP) is 4.50. The molecule has 0 saturated carbocycles. The Hall–Kier alpha value is -1.77. The number of carbonyl (C=O) groups is 1. The molecular formula is C16H13F3INO2. The van der Waals surface area contributed by atoms with E-state index in [-0.39, 0.29) is 18.0 Å². The minimum absolute atomic E-state index is 0.0658. The van der Waals surface area contributed by atoms with E-state index in [1.807, 2.05) is 22.6 Å². The summed E-state index contributed by atoms with van der Waals surface area (Å²) in [6.45, 7) is 0. The van der Waals surface area contributed by atoms with Crippen molar-refractivity contribution in [2.24, 2.45) is 0 Å². The van der Waals surface area contributed by atoms with Gasteiger partial charge >= 0.3 is 6.18 Å². The fourth-order valence-electron chi connectivity index (χ4n) is 1.92. The smallest absolute Gasteiger partial charge is 0.416 e. The molecule has 0 saturated heterocycles. The molecule has 3 nitrogen and oxygen atoms in total. The molecule has 1 amide bonds. The fraction of sp³-hybridized carbons (Fsp3) is 0.188. The van der Waals surface area contributed by atoms with Crippen LogP contribution in [0.4, 0.5) is 18.9 Å². The van der Waals surface area contributed by atoms with Crippen molar-refractivity contribution in [3.8, 4) is 5.75 Å². The number of alkyl halides is 3. The summed E-state index contributed by atoms with van der Waals surface area (Å²) in [7, 11) is 1.54. The Kier molecular flexibility index (Phi) is 5.51. The number of nitrogens with one attached hydrogen (secondary N) is 1. The zero-order valence-corrected chi connectivity index (χ0v) is 14.2. The zero-order valence-electron chi connectivity index (χ0n) is 12.1. The summed E-state index contributed by atoms with van der Waals surface area (Å²) >= 11 is 1.88. The van der Waals surface area contributed by atoms with E-state index in [4.69, 9.17) is 4.74 Å². The SMILES string of the molecule is COc1ccc(CC(=O)Nc2cc(C(F)(F)F)ccc2I)cc1. The van der Waals surface area contributed by atoms with Crippen LogP contribution in [0, 0.1) is 3.57 Å². The summed E-state index contributed by atoms with van der Waals surface area (Å²) in [5.74, 6) is 0.286.